The number of carbonyl (C=O) groups is 1. The zero-order valence-corrected chi connectivity index (χ0v) is 8.79. The molecule has 2 aromatic rings. The second kappa shape index (κ2) is 3.00. The van der Waals surface area contributed by atoms with Gasteiger partial charge in [-0.3, -0.25) is 4.79 Å². The highest BCUT2D eigenvalue weighted by Crippen LogP contribution is 2.23. The second-order valence-electron chi connectivity index (χ2n) is 3.49. The van der Waals surface area contributed by atoms with E-state index in [-0.39, 0.29) is 5.91 Å². The topological polar surface area (TPSA) is 46.9 Å². The van der Waals surface area contributed by atoms with Gasteiger partial charge in [0.15, 0.2) is 5.16 Å². The highest BCUT2D eigenvalue weighted by Gasteiger charge is 2.19. The summed E-state index contributed by atoms with van der Waals surface area (Å²) in [7, 11) is 0. The number of nitrogens with zero attached hydrogens (tertiary/aromatic N) is 2. The predicted octanol–water partition coefficient (Wildman–Crippen LogP) is 1.07. The van der Waals surface area contributed by atoms with Crippen LogP contribution in [0.2, 0.25) is 0 Å². The summed E-state index contributed by atoms with van der Waals surface area (Å²) >= 11 is 4.31. The van der Waals surface area contributed by atoms with Gasteiger partial charge in [0.2, 0.25) is 0 Å². The average molecular weight is 219 g/mol. The van der Waals surface area contributed by atoms with Crippen LogP contribution in [-0.2, 0) is 6.54 Å². The molecule has 1 aliphatic rings. The highest BCUT2D eigenvalue weighted by atomic mass is 32.1. The van der Waals surface area contributed by atoms with Crippen molar-refractivity contribution in [2.75, 3.05) is 6.54 Å². The minimum absolute atomic E-state index is 0.0346. The number of imidazole rings is 1. The molecule has 0 fully saturated rings. The van der Waals surface area contributed by atoms with Crippen LogP contribution in [0.3, 0.4) is 0 Å². The molecular formula is C10H9N3OS. The van der Waals surface area contributed by atoms with Crippen LogP contribution in [0.15, 0.2) is 23.4 Å². The van der Waals surface area contributed by atoms with Crippen molar-refractivity contribution >= 4 is 29.6 Å². The fourth-order valence-corrected chi connectivity index (χ4v) is 2.25. The van der Waals surface area contributed by atoms with Gasteiger partial charge in [0, 0.05) is 13.1 Å². The van der Waals surface area contributed by atoms with Gasteiger partial charge in [-0.15, -0.1) is 12.6 Å². The number of para-hydroxylation sites is 1. The van der Waals surface area contributed by atoms with E-state index in [4.69, 9.17) is 0 Å². The molecule has 0 saturated heterocycles. The predicted molar refractivity (Wildman–Crippen MR) is 59.3 cm³/mol. The number of hydrogen-bond acceptors (Lipinski definition) is 3. The Morgan fingerprint density at radius 2 is 2.33 bits per heavy atom. The maximum absolute atomic E-state index is 11.7. The Morgan fingerprint density at radius 3 is 3.20 bits per heavy atom. The normalized spacial score (nSPS) is 15.1. The fraction of sp³-hybridized carbons (Fsp3) is 0.200. The molecule has 0 spiro atoms. The van der Waals surface area contributed by atoms with Crippen molar-refractivity contribution in [3.8, 4) is 0 Å². The Labute approximate surface area is 91.7 Å². The summed E-state index contributed by atoms with van der Waals surface area (Å²) in [6.07, 6.45) is 0. The highest BCUT2D eigenvalue weighted by molar-refractivity contribution is 7.80. The number of amides is 1. The van der Waals surface area contributed by atoms with Crippen LogP contribution in [-0.4, -0.2) is 22.0 Å². The van der Waals surface area contributed by atoms with Crippen LogP contribution < -0.4 is 5.32 Å². The summed E-state index contributed by atoms with van der Waals surface area (Å²) in [5.41, 5.74) is 2.39. The number of rotatable bonds is 0. The van der Waals surface area contributed by atoms with Crippen molar-refractivity contribution in [1.82, 2.24) is 14.9 Å². The Kier molecular flexibility index (Phi) is 1.76. The molecule has 0 atom stereocenters. The Balaban J connectivity index is 2.47. The van der Waals surface area contributed by atoms with E-state index in [0.717, 1.165) is 17.6 Å². The van der Waals surface area contributed by atoms with E-state index in [1.54, 1.807) is 0 Å². The Morgan fingerprint density at radius 1 is 1.47 bits per heavy atom. The SMILES string of the molecule is O=C1NCCn2c(S)nc3cccc1c32. The molecule has 15 heavy (non-hydrogen) atoms. The summed E-state index contributed by atoms with van der Waals surface area (Å²) in [6.45, 7) is 1.34. The van der Waals surface area contributed by atoms with Crippen LogP contribution in [0.25, 0.3) is 11.0 Å². The van der Waals surface area contributed by atoms with E-state index in [1.165, 1.54) is 0 Å². The summed E-state index contributed by atoms with van der Waals surface area (Å²) in [4.78, 5) is 16.0. The van der Waals surface area contributed by atoms with E-state index < -0.39 is 0 Å². The molecule has 1 aliphatic heterocycles. The van der Waals surface area contributed by atoms with E-state index in [0.29, 0.717) is 17.3 Å². The van der Waals surface area contributed by atoms with Crippen molar-refractivity contribution in [2.45, 2.75) is 11.7 Å². The molecule has 1 amide bonds. The van der Waals surface area contributed by atoms with Crippen LogP contribution >= 0.6 is 12.6 Å². The molecule has 0 radical (unpaired) electrons. The summed E-state index contributed by atoms with van der Waals surface area (Å²) < 4.78 is 1.96. The van der Waals surface area contributed by atoms with E-state index >= 15 is 0 Å². The molecule has 5 heteroatoms. The molecule has 0 bridgehead atoms. The third-order valence-electron chi connectivity index (χ3n) is 2.61. The first-order chi connectivity index (χ1) is 7.27. The smallest absolute Gasteiger partial charge is 0.253 e. The maximum Gasteiger partial charge on any atom is 0.253 e. The van der Waals surface area contributed by atoms with Crippen LogP contribution in [0, 0.1) is 0 Å². The van der Waals surface area contributed by atoms with Gasteiger partial charge in [-0.2, -0.15) is 0 Å². The van der Waals surface area contributed by atoms with Gasteiger partial charge in [0.05, 0.1) is 16.6 Å². The minimum Gasteiger partial charge on any atom is -0.350 e. The van der Waals surface area contributed by atoms with Crippen molar-refractivity contribution in [1.29, 1.82) is 0 Å². The molecule has 76 valence electrons. The molecule has 4 nitrogen and oxygen atoms in total. The standard InChI is InChI=1S/C10H9N3OS/c14-9-6-2-1-3-7-8(6)13(5-4-11-9)10(15)12-7/h1-3H,4-5H2,(H,11,14)(H,12,15). The summed E-state index contributed by atoms with van der Waals surface area (Å²) in [5.74, 6) is -0.0346. The first kappa shape index (κ1) is 8.79. The molecule has 1 aromatic heterocycles. The van der Waals surface area contributed by atoms with Gasteiger partial charge in [-0.25, -0.2) is 4.98 Å². The van der Waals surface area contributed by atoms with Gasteiger partial charge in [-0.05, 0) is 12.1 Å². The Hall–Kier alpha value is -1.49. The zero-order valence-electron chi connectivity index (χ0n) is 7.90. The summed E-state index contributed by atoms with van der Waals surface area (Å²) in [6, 6.07) is 5.55. The average Bonchev–Trinajstić information content (AvgIpc) is 2.43. The third kappa shape index (κ3) is 1.16. The van der Waals surface area contributed by atoms with Crippen molar-refractivity contribution in [3.05, 3.63) is 23.8 Å². The van der Waals surface area contributed by atoms with Crippen LogP contribution in [0.4, 0.5) is 0 Å². The minimum atomic E-state index is -0.0346. The lowest BCUT2D eigenvalue weighted by Crippen LogP contribution is -2.24. The molecule has 0 unspecified atom stereocenters. The van der Waals surface area contributed by atoms with E-state index in [1.807, 2.05) is 22.8 Å². The lowest BCUT2D eigenvalue weighted by molar-refractivity contribution is 0.0956. The third-order valence-corrected chi connectivity index (χ3v) is 2.95. The van der Waals surface area contributed by atoms with Gasteiger partial charge in [0.25, 0.3) is 5.91 Å². The fourth-order valence-electron chi connectivity index (χ4n) is 1.94. The quantitative estimate of drug-likeness (QED) is 0.651. The van der Waals surface area contributed by atoms with Crippen molar-refractivity contribution < 1.29 is 4.79 Å². The monoisotopic (exact) mass is 219 g/mol. The van der Waals surface area contributed by atoms with Crippen LogP contribution in [0.1, 0.15) is 10.4 Å². The molecule has 3 rings (SSSR count). The van der Waals surface area contributed by atoms with E-state index in [9.17, 15) is 4.79 Å². The number of aromatic nitrogens is 2. The van der Waals surface area contributed by atoms with Gasteiger partial charge < -0.3 is 9.88 Å². The number of thiol groups is 1. The molecule has 0 aliphatic carbocycles. The first-order valence-electron chi connectivity index (χ1n) is 4.74. The number of hydrogen-bond donors (Lipinski definition) is 2. The Bertz CT molecular complexity index is 561. The largest absolute Gasteiger partial charge is 0.350 e. The second-order valence-corrected chi connectivity index (χ2v) is 3.89. The van der Waals surface area contributed by atoms with Crippen molar-refractivity contribution in [3.63, 3.8) is 0 Å². The van der Waals surface area contributed by atoms with Crippen molar-refractivity contribution in [2.24, 2.45) is 0 Å². The molecule has 0 saturated carbocycles. The van der Waals surface area contributed by atoms with Crippen LogP contribution in [0.5, 0.6) is 0 Å². The van der Waals surface area contributed by atoms with Gasteiger partial charge in [0.1, 0.15) is 0 Å². The maximum atomic E-state index is 11.7. The number of nitrogens with one attached hydrogen (secondary N) is 1. The van der Waals surface area contributed by atoms with E-state index in [2.05, 4.69) is 22.9 Å². The first-order valence-corrected chi connectivity index (χ1v) is 5.18. The molecule has 1 aromatic carbocycles. The van der Waals surface area contributed by atoms with Gasteiger partial charge >= 0.3 is 0 Å². The van der Waals surface area contributed by atoms with Gasteiger partial charge in [-0.1, -0.05) is 6.07 Å². The lowest BCUT2D eigenvalue weighted by Gasteiger charge is -2.01. The molecule has 1 N–H and O–H groups in total. The molecule has 2 heterocycles. The molecular weight excluding hydrogens is 210 g/mol. The number of carbonyl (C=O) groups excluding carboxylic acids is 1. The zero-order chi connectivity index (χ0) is 10.4. The lowest BCUT2D eigenvalue weighted by atomic mass is 10.2. The summed E-state index contributed by atoms with van der Waals surface area (Å²) in [5, 5.41) is 3.50. The number of benzene rings is 1.